The number of nitrogens with zero attached hydrogens (tertiary/aromatic N) is 1. The zero-order valence-electron chi connectivity index (χ0n) is 18.9. The number of carbonyl (C=O) groups is 1. The van der Waals surface area contributed by atoms with Crippen LogP contribution in [-0.4, -0.2) is 18.2 Å². The van der Waals surface area contributed by atoms with Gasteiger partial charge in [0.15, 0.2) is 0 Å². The number of pyridine rings is 1. The predicted octanol–water partition coefficient (Wildman–Crippen LogP) is 6.77. The molecule has 0 spiro atoms. The first-order chi connectivity index (χ1) is 14.3. The van der Waals surface area contributed by atoms with Gasteiger partial charge in [-0.2, -0.15) is 0 Å². The Hall–Kier alpha value is -2.62. The van der Waals surface area contributed by atoms with Crippen molar-refractivity contribution in [3.05, 3.63) is 70.1 Å². The van der Waals surface area contributed by atoms with Gasteiger partial charge < -0.3 is 9.47 Å². The van der Waals surface area contributed by atoms with Gasteiger partial charge >= 0.3 is 6.16 Å². The monoisotopic (exact) mass is 407 g/mol. The zero-order chi connectivity index (χ0) is 21.8. The highest BCUT2D eigenvalue weighted by molar-refractivity contribution is 5.66. The molecule has 30 heavy (non-hydrogen) atoms. The van der Waals surface area contributed by atoms with Crippen LogP contribution in [0, 0.1) is 13.8 Å². The second kappa shape index (κ2) is 9.46. The summed E-state index contributed by atoms with van der Waals surface area (Å²) < 4.78 is 10.3. The van der Waals surface area contributed by atoms with Crippen molar-refractivity contribution in [3.8, 4) is 5.75 Å². The van der Waals surface area contributed by atoms with Crippen molar-refractivity contribution in [3.63, 3.8) is 0 Å². The van der Waals surface area contributed by atoms with E-state index in [4.69, 9.17) is 14.5 Å². The summed E-state index contributed by atoms with van der Waals surface area (Å²) in [7, 11) is 1.33. The minimum atomic E-state index is -0.700. The normalized spacial score (nSPS) is 14.8. The number of rotatable bonds is 5. The van der Waals surface area contributed by atoms with Crippen LogP contribution in [0.2, 0.25) is 0 Å². The van der Waals surface area contributed by atoms with E-state index in [2.05, 4.69) is 44.7 Å². The van der Waals surface area contributed by atoms with Crippen LogP contribution in [0.4, 0.5) is 4.79 Å². The number of aryl methyl sites for hydroxylation is 1. The first-order valence-corrected chi connectivity index (χ1v) is 10.8. The van der Waals surface area contributed by atoms with Crippen LogP contribution in [0.15, 0.2) is 36.4 Å². The minimum absolute atomic E-state index is 0.217. The van der Waals surface area contributed by atoms with Gasteiger partial charge in [0.05, 0.1) is 12.8 Å². The first-order valence-electron chi connectivity index (χ1n) is 10.8. The average molecular weight is 408 g/mol. The molecule has 1 aliphatic rings. The van der Waals surface area contributed by atoms with E-state index in [9.17, 15) is 4.79 Å². The first kappa shape index (κ1) is 22.1. The maximum Gasteiger partial charge on any atom is 0.513 e. The molecule has 1 saturated carbocycles. The molecular formula is C26H33NO3. The van der Waals surface area contributed by atoms with E-state index in [1.165, 1.54) is 36.7 Å². The molecule has 1 heterocycles. The molecule has 1 aromatic heterocycles. The lowest BCUT2D eigenvalue weighted by atomic mass is 9.82. The lowest BCUT2D eigenvalue weighted by molar-refractivity contribution is 0.120. The second-order valence-corrected chi connectivity index (χ2v) is 8.67. The van der Waals surface area contributed by atoms with Gasteiger partial charge in [0.1, 0.15) is 5.75 Å². The summed E-state index contributed by atoms with van der Waals surface area (Å²) in [6.45, 7) is 12.2. The van der Waals surface area contributed by atoms with Crippen molar-refractivity contribution < 1.29 is 14.3 Å². The van der Waals surface area contributed by atoms with Crippen LogP contribution in [0.1, 0.15) is 85.0 Å². The number of carbonyl (C=O) groups excluding carboxylic acids is 1. The highest BCUT2D eigenvalue weighted by Gasteiger charge is 2.22. The molecule has 0 bridgehead atoms. The second-order valence-electron chi connectivity index (χ2n) is 8.67. The molecule has 1 aliphatic carbocycles. The van der Waals surface area contributed by atoms with Crippen LogP contribution in [0.5, 0.6) is 5.75 Å². The summed E-state index contributed by atoms with van der Waals surface area (Å²) in [4.78, 5) is 16.7. The van der Waals surface area contributed by atoms with Crippen LogP contribution in [-0.2, 0) is 11.2 Å². The summed E-state index contributed by atoms with van der Waals surface area (Å²) in [5, 5.41) is 0. The Morgan fingerprint density at radius 2 is 1.80 bits per heavy atom. The summed E-state index contributed by atoms with van der Waals surface area (Å²) >= 11 is 0. The molecule has 160 valence electrons. The average Bonchev–Trinajstić information content (AvgIpc) is 2.74. The summed E-state index contributed by atoms with van der Waals surface area (Å²) in [5.74, 6) is 1.42. The Bertz CT molecular complexity index is 918. The SMILES string of the molecule is C=C1CCC(c2ccc(Cc3c(C(C)C)nc(C)c(C)c3OC(=O)OC)cc2)CC1. The molecule has 0 N–H and O–H groups in total. The van der Waals surface area contributed by atoms with Gasteiger partial charge in [-0.05, 0) is 62.5 Å². The number of hydrogen-bond donors (Lipinski definition) is 0. The van der Waals surface area contributed by atoms with Crippen LogP contribution in [0.3, 0.4) is 0 Å². The van der Waals surface area contributed by atoms with Crippen molar-refractivity contribution in [2.45, 2.75) is 71.6 Å². The lowest BCUT2D eigenvalue weighted by Gasteiger charge is -2.24. The van der Waals surface area contributed by atoms with Gasteiger partial charge in [-0.15, -0.1) is 0 Å². The highest BCUT2D eigenvalue weighted by atomic mass is 16.7. The van der Waals surface area contributed by atoms with E-state index in [0.29, 0.717) is 18.1 Å². The fourth-order valence-corrected chi connectivity index (χ4v) is 4.22. The summed E-state index contributed by atoms with van der Waals surface area (Å²) in [6.07, 6.45) is 4.60. The van der Waals surface area contributed by atoms with Crippen LogP contribution >= 0.6 is 0 Å². The van der Waals surface area contributed by atoms with E-state index in [1.54, 1.807) is 0 Å². The van der Waals surface area contributed by atoms with Crippen molar-refractivity contribution in [2.24, 2.45) is 0 Å². The Morgan fingerprint density at radius 3 is 2.37 bits per heavy atom. The zero-order valence-corrected chi connectivity index (χ0v) is 18.9. The molecule has 3 rings (SSSR count). The molecule has 4 nitrogen and oxygen atoms in total. The fourth-order valence-electron chi connectivity index (χ4n) is 4.22. The third-order valence-corrected chi connectivity index (χ3v) is 6.18. The maximum absolute atomic E-state index is 11.9. The summed E-state index contributed by atoms with van der Waals surface area (Å²) in [6, 6.07) is 8.89. The number of allylic oxidation sites excluding steroid dienone is 1. The number of methoxy groups -OCH3 is 1. The lowest BCUT2D eigenvalue weighted by Crippen LogP contribution is -2.14. The van der Waals surface area contributed by atoms with Crippen molar-refractivity contribution in [1.29, 1.82) is 0 Å². The molecule has 0 aliphatic heterocycles. The molecular weight excluding hydrogens is 374 g/mol. The highest BCUT2D eigenvalue weighted by Crippen LogP contribution is 2.36. The Kier molecular flexibility index (Phi) is 6.96. The van der Waals surface area contributed by atoms with E-state index in [-0.39, 0.29) is 5.92 Å². The van der Waals surface area contributed by atoms with E-state index in [1.807, 2.05) is 13.8 Å². The van der Waals surface area contributed by atoms with Crippen LogP contribution < -0.4 is 4.74 Å². The maximum atomic E-state index is 11.9. The molecule has 0 unspecified atom stereocenters. The quantitative estimate of drug-likeness (QED) is 0.405. The summed E-state index contributed by atoms with van der Waals surface area (Å²) in [5.41, 5.74) is 7.63. The molecule has 0 atom stereocenters. The molecule has 1 fully saturated rings. The van der Waals surface area contributed by atoms with Gasteiger partial charge in [-0.3, -0.25) is 4.98 Å². The Balaban J connectivity index is 1.92. The van der Waals surface area contributed by atoms with Gasteiger partial charge in [-0.25, -0.2) is 4.79 Å². The molecule has 0 saturated heterocycles. The van der Waals surface area contributed by atoms with Gasteiger partial charge in [0.2, 0.25) is 0 Å². The number of hydrogen-bond acceptors (Lipinski definition) is 4. The molecule has 0 amide bonds. The van der Waals surface area contributed by atoms with E-state index < -0.39 is 6.16 Å². The fraction of sp³-hybridized carbons (Fsp3) is 0.462. The Labute approximate surface area is 180 Å². The number of aromatic nitrogens is 1. The largest absolute Gasteiger partial charge is 0.513 e. The Morgan fingerprint density at radius 1 is 1.17 bits per heavy atom. The molecule has 1 aromatic carbocycles. The van der Waals surface area contributed by atoms with Gasteiger partial charge in [0, 0.05) is 23.2 Å². The minimum Gasteiger partial charge on any atom is -0.437 e. The smallest absolute Gasteiger partial charge is 0.437 e. The topological polar surface area (TPSA) is 48.4 Å². The predicted molar refractivity (Wildman–Crippen MR) is 120 cm³/mol. The van der Waals surface area contributed by atoms with Crippen molar-refractivity contribution in [1.82, 2.24) is 4.98 Å². The van der Waals surface area contributed by atoms with Gasteiger partial charge in [0.25, 0.3) is 0 Å². The van der Waals surface area contributed by atoms with E-state index >= 15 is 0 Å². The van der Waals surface area contributed by atoms with Crippen molar-refractivity contribution >= 4 is 6.16 Å². The van der Waals surface area contributed by atoms with Gasteiger partial charge in [-0.1, -0.05) is 50.3 Å². The molecule has 0 radical (unpaired) electrons. The van der Waals surface area contributed by atoms with E-state index in [0.717, 1.165) is 35.4 Å². The van der Waals surface area contributed by atoms with Crippen molar-refractivity contribution in [2.75, 3.05) is 7.11 Å². The standard InChI is InChI=1S/C26H33NO3/c1-16(2)24-23(25(30-26(28)29-6)18(4)19(5)27-24)15-20-9-13-22(14-10-20)21-11-7-17(3)8-12-21/h9-10,13-14,16,21H,3,7-8,11-12,15H2,1-2,4-6H3. The third kappa shape index (κ3) is 4.92. The third-order valence-electron chi connectivity index (χ3n) is 6.18. The molecule has 4 heteroatoms. The number of ether oxygens (including phenoxy) is 2. The number of benzene rings is 1. The molecule has 2 aromatic rings. The van der Waals surface area contributed by atoms with Crippen LogP contribution in [0.25, 0.3) is 0 Å².